The fourth-order valence-electron chi connectivity index (χ4n) is 3.19. The van der Waals surface area contributed by atoms with Gasteiger partial charge in [-0.15, -0.1) is 0 Å². The Labute approximate surface area is 109 Å². The maximum Gasteiger partial charge on any atom is 0.127 e. The van der Waals surface area contributed by atoms with Crippen LogP contribution in [0.3, 0.4) is 0 Å². The molecule has 2 aliphatic rings. The van der Waals surface area contributed by atoms with Gasteiger partial charge in [0.1, 0.15) is 5.82 Å². The number of pyridine rings is 1. The third kappa shape index (κ3) is 2.49. The van der Waals surface area contributed by atoms with E-state index >= 15 is 0 Å². The van der Waals surface area contributed by atoms with E-state index in [1.54, 1.807) is 6.20 Å². The van der Waals surface area contributed by atoms with Gasteiger partial charge in [-0.05, 0) is 38.4 Å². The first-order chi connectivity index (χ1) is 8.83. The first kappa shape index (κ1) is 11.9. The molecule has 2 N–H and O–H groups in total. The molecule has 0 spiro atoms. The van der Waals surface area contributed by atoms with Gasteiger partial charge >= 0.3 is 0 Å². The number of rotatable bonds is 3. The second-order valence-corrected chi connectivity index (χ2v) is 5.47. The summed E-state index contributed by atoms with van der Waals surface area (Å²) in [6.07, 6.45) is 5.83. The molecule has 0 amide bonds. The molecule has 2 fully saturated rings. The fraction of sp³-hybridized carbons (Fsp3) is 0.643. The van der Waals surface area contributed by atoms with Crippen LogP contribution in [0.5, 0.6) is 0 Å². The highest BCUT2D eigenvalue weighted by molar-refractivity contribution is 5.38. The molecule has 0 bridgehead atoms. The summed E-state index contributed by atoms with van der Waals surface area (Å²) in [5.41, 5.74) is 7.07. The average molecular weight is 246 g/mol. The highest BCUT2D eigenvalue weighted by Gasteiger charge is 2.29. The van der Waals surface area contributed by atoms with E-state index < -0.39 is 0 Å². The van der Waals surface area contributed by atoms with Crippen molar-refractivity contribution in [3.63, 3.8) is 0 Å². The molecule has 1 aromatic rings. The summed E-state index contributed by atoms with van der Waals surface area (Å²) in [5, 5.41) is 0. The summed E-state index contributed by atoms with van der Waals surface area (Å²) in [6, 6.07) is 4.83. The van der Waals surface area contributed by atoms with E-state index in [1.165, 1.54) is 51.0 Å². The largest absolute Gasteiger partial charge is 0.383 e. The van der Waals surface area contributed by atoms with E-state index in [0.29, 0.717) is 5.82 Å². The Kier molecular flexibility index (Phi) is 3.48. The molecular weight excluding hydrogens is 224 g/mol. The Hall–Kier alpha value is -1.13. The molecule has 2 aliphatic heterocycles. The minimum atomic E-state index is 0.683. The van der Waals surface area contributed by atoms with Crippen LogP contribution < -0.4 is 5.73 Å². The zero-order chi connectivity index (χ0) is 12.4. The molecule has 0 aliphatic carbocycles. The van der Waals surface area contributed by atoms with E-state index in [4.69, 9.17) is 5.73 Å². The summed E-state index contributed by atoms with van der Waals surface area (Å²) in [4.78, 5) is 9.33. The second kappa shape index (κ2) is 5.24. The number of nitrogens with two attached hydrogens (primary N) is 1. The van der Waals surface area contributed by atoms with Crippen LogP contribution in [-0.4, -0.2) is 47.0 Å². The zero-order valence-corrected chi connectivity index (χ0v) is 10.9. The summed E-state index contributed by atoms with van der Waals surface area (Å²) >= 11 is 0. The lowest BCUT2D eigenvalue weighted by molar-refractivity contribution is 0.230. The number of anilines is 1. The molecule has 2 saturated heterocycles. The lowest BCUT2D eigenvalue weighted by Gasteiger charge is -2.23. The topological polar surface area (TPSA) is 45.4 Å². The first-order valence-electron chi connectivity index (χ1n) is 6.99. The Morgan fingerprint density at radius 2 is 2.11 bits per heavy atom. The Bertz CT molecular complexity index is 401. The maximum absolute atomic E-state index is 5.91. The van der Waals surface area contributed by atoms with Gasteiger partial charge < -0.3 is 5.73 Å². The number of nitrogen functional groups attached to an aromatic ring is 1. The van der Waals surface area contributed by atoms with Crippen LogP contribution in [0, 0.1) is 0 Å². The molecule has 18 heavy (non-hydrogen) atoms. The number of hydrogen-bond donors (Lipinski definition) is 1. The van der Waals surface area contributed by atoms with Crippen LogP contribution in [-0.2, 0) is 6.54 Å². The lowest BCUT2D eigenvalue weighted by Crippen LogP contribution is -2.35. The molecule has 1 unspecified atom stereocenters. The number of hydrogen-bond acceptors (Lipinski definition) is 4. The van der Waals surface area contributed by atoms with Gasteiger partial charge in [-0.2, -0.15) is 0 Å². The van der Waals surface area contributed by atoms with E-state index in [1.807, 2.05) is 6.07 Å². The van der Waals surface area contributed by atoms with Gasteiger partial charge in [-0.1, -0.05) is 6.07 Å². The van der Waals surface area contributed by atoms with Gasteiger partial charge in [0.2, 0.25) is 0 Å². The number of likely N-dealkylation sites (tertiary alicyclic amines) is 2. The van der Waals surface area contributed by atoms with Crippen LogP contribution >= 0.6 is 0 Å². The molecule has 3 rings (SSSR count). The van der Waals surface area contributed by atoms with Crippen LogP contribution in [0.4, 0.5) is 5.82 Å². The fourth-order valence-corrected chi connectivity index (χ4v) is 3.19. The van der Waals surface area contributed by atoms with Gasteiger partial charge in [0, 0.05) is 37.4 Å². The SMILES string of the molecule is Nc1ncccc1CN1CCC(N2CCCC2)C1. The van der Waals surface area contributed by atoms with Gasteiger partial charge in [-0.25, -0.2) is 4.98 Å². The van der Waals surface area contributed by atoms with Crippen molar-refractivity contribution in [3.05, 3.63) is 23.9 Å². The minimum absolute atomic E-state index is 0.683. The van der Waals surface area contributed by atoms with Crippen molar-refractivity contribution in [1.29, 1.82) is 0 Å². The van der Waals surface area contributed by atoms with E-state index in [0.717, 1.165) is 12.6 Å². The molecule has 98 valence electrons. The van der Waals surface area contributed by atoms with E-state index in [9.17, 15) is 0 Å². The minimum Gasteiger partial charge on any atom is -0.383 e. The smallest absolute Gasteiger partial charge is 0.127 e. The van der Waals surface area contributed by atoms with Gasteiger partial charge in [0.15, 0.2) is 0 Å². The quantitative estimate of drug-likeness (QED) is 0.874. The number of aromatic nitrogens is 1. The first-order valence-corrected chi connectivity index (χ1v) is 6.99. The van der Waals surface area contributed by atoms with Crippen molar-refractivity contribution in [1.82, 2.24) is 14.8 Å². The summed E-state index contributed by atoms with van der Waals surface area (Å²) in [7, 11) is 0. The molecule has 4 heteroatoms. The molecule has 0 aromatic carbocycles. The number of nitrogens with zero attached hydrogens (tertiary/aromatic N) is 3. The van der Waals surface area contributed by atoms with Crippen LogP contribution in [0.15, 0.2) is 18.3 Å². The van der Waals surface area contributed by atoms with Crippen LogP contribution in [0.1, 0.15) is 24.8 Å². The third-order valence-electron chi connectivity index (χ3n) is 4.22. The highest BCUT2D eigenvalue weighted by atomic mass is 15.3. The summed E-state index contributed by atoms with van der Waals surface area (Å²) in [5.74, 6) is 0.683. The molecule has 0 saturated carbocycles. The van der Waals surface area contributed by atoms with Crippen molar-refractivity contribution in [2.24, 2.45) is 0 Å². The van der Waals surface area contributed by atoms with Crippen LogP contribution in [0.2, 0.25) is 0 Å². The Morgan fingerprint density at radius 1 is 1.28 bits per heavy atom. The summed E-state index contributed by atoms with van der Waals surface area (Å²) in [6.45, 7) is 5.93. The van der Waals surface area contributed by atoms with Crippen molar-refractivity contribution >= 4 is 5.82 Å². The highest BCUT2D eigenvalue weighted by Crippen LogP contribution is 2.22. The maximum atomic E-state index is 5.91. The standard InChI is InChI=1S/C14H22N4/c15-14-12(4-3-6-16-14)10-17-9-5-13(11-17)18-7-1-2-8-18/h3-4,6,13H,1-2,5,7-11H2,(H2,15,16). The predicted molar refractivity (Wildman–Crippen MR) is 73.1 cm³/mol. The van der Waals surface area contributed by atoms with Crippen molar-refractivity contribution in [2.45, 2.75) is 31.8 Å². The summed E-state index contributed by atoms with van der Waals surface area (Å²) < 4.78 is 0. The van der Waals surface area contributed by atoms with Crippen molar-refractivity contribution in [3.8, 4) is 0 Å². The molecule has 4 nitrogen and oxygen atoms in total. The van der Waals surface area contributed by atoms with Crippen molar-refractivity contribution in [2.75, 3.05) is 31.9 Å². The van der Waals surface area contributed by atoms with Gasteiger partial charge in [0.25, 0.3) is 0 Å². The van der Waals surface area contributed by atoms with Crippen LogP contribution in [0.25, 0.3) is 0 Å². The monoisotopic (exact) mass is 246 g/mol. The van der Waals surface area contributed by atoms with Crippen molar-refractivity contribution < 1.29 is 0 Å². The molecule has 3 heterocycles. The molecule has 1 aromatic heterocycles. The predicted octanol–water partition coefficient (Wildman–Crippen LogP) is 1.33. The van der Waals surface area contributed by atoms with Gasteiger partial charge in [-0.3, -0.25) is 9.80 Å². The third-order valence-corrected chi connectivity index (χ3v) is 4.22. The lowest BCUT2D eigenvalue weighted by atomic mass is 10.2. The van der Waals surface area contributed by atoms with E-state index in [2.05, 4.69) is 20.9 Å². The van der Waals surface area contributed by atoms with E-state index in [-0.39, 0.29) is 0 Å². The second-order valence-electron chi connectivity index (χ2n) is 5.47. The average Bonchev–Trinajstić information content (AvgIpc) is 3.02. The Balaban J connectivity index is 1.57. The normalized spacial score (nSPS) is 25.9. The molecule has 1 atom stereocenters. The molecular formula is C14H22N4. The Morgan fingerprint density at radius 3 is 2.89 bits per heavy atom. The van der Waals surface area contributed by atoms with Gasteiger partial charge in [0.05, 0.1) is 0 Å². The molecule has 0 radical (unpaired) electrons. The zero-order valence-electron chi connectivity index (χ0n) is 10.9.